The predicted molar refractivity (Wildman–Crippen MR) is 143 cm³/mol. The first-order valence-electron chi connectivity index (χ1n) is 13.0. The maximum Gasteiger partial charge on any atom is 0.281 e. The normalized spacial score (nSPS) is 13.5. The molecule has 0 saturated heterocycles. The maximum atomic E-state index is 13.6. The van der Waals surface area contributed by atoms with Crippen LogP contribution in [-0.4, -0.2) is 33.7 Å². The summed E-state index contributed by atoms with van der Waals surface area (Å²) in [5.41, 5.74) is 5.16. The summed E-state index contributed by atoms with van der Waals surface area (Å²) in [4.78, 5) is 14.8. The highest BCUT2D eigenvalue weighted by atomic mass is 16.5. The number of rotatable bonds is 11. The predicted octanol–water partition coefficient (Wildman–Crippen LogP) is 6.33. The van der Waals surface area contributed by atoms with E-state index in [0.29, 0.717) is 17.9 Å². The molecule has 5 heteroatoms. The highest BCUT2D eigenvalue weighted by Gasteiger charge is 2.48. The van der Waals surface area contributed by atoms with Gasteiger partial charge in [-0.3, -0.25) is 9.69 Å². The lowest BCUT2D eigenvalue weighted by atomic mass is 9.96. The number of benzene rings is 3. The van der Waals surface area contributed by atoms with Crippen molar-refractivity contribution in [3.05, 3.63) is 89.0 Å². The minimum atomic E-state index is -2.48. The van der Waals surface area contributed by atoms with Crippen LogP contribution in [-0.2, 0) is 5.91 Å². The second-order valence-corrected chi connectivity index (χ2v) is 9.77. The molecule has 0 heterocycles. The van der Waals surface area contributed by atoms with Gasteiger partial charge in [0.25, 0.3) is 11.8 Å². The van der Waals surface area contributed by atoms with Crippen molar-refractivity contribution in [2.45, 2.75) is 71.2 Å². The highest BCUT2D eigenvalue weighted by Crippen LogP contribution is 2.40. The van der Waals surface area contributed by atoms with Gasteiger partial charge >= 0.3 is 0 Å². The standard InChI is InChI=1S/C31H37NO4/c1-4-5-6-9-21-36-29-14-8-7-13-28(29)31(34,35)32(26-19-20-26)30(33)25-17-15-24(16-18-25)27-12-10-11-22(2)23(27)3/h7-8,10-18,26,34-35H,4-6,9,19-21H2,1-3H3. The van der Waals surface area contributed by atoms with Crippen molar-refractivity contribution < 1.29 is 19.7 Å². The van der Waals surface area contributed by atoms with E-state index in [0.717, 1.165) is 49.7 Å². The number of carbonyl (C=O) groups is 1. The minimum Gasteiger partial charge on any atom is -0.493 e. The summed E-state index contributed by atoms with van der Waals surface area (Å²) in [7, 11) is 0. The lowest BCUT2D eigenvalue weighted by Gasteiger charge is -2.36. The Balaban J connectivity index is 1.57. The summed E-state index contributed by atoms with van der Waals surface area (Å²) in [6.45, 7) is 6.82. The average Bonchev–Trinajstić information content (AvgIpc) is 3.71. The summed E-state index contributed by atoms with van der Waals surface area (Å²) < 4.78 is 5.93. The van der Waals surface area contributed by atoms with Gasteiger partial charge in [0, 0.05) is 11.6 Å². The number of carbonyl (C=O) groups excluding carboxylic acids is 1. The first-order valence-corrected chi connectivity index (χ1v) is 13.0. The van der Waals surface area contributed by atoms with E-state index in [4.69, 9.17) is 4.74 Å². The Kier molecular flexibility index (Phi) is 8.12. The number of amides is 1. The molecule has 2 N–H and O–H groups in total. The Hall–Kier alpha value is -3.15. The second kappa shape index (κ2) is 11.3. The summed E-state index contributed by atoms with van der Waals surface area (Å²) in [6.07, 6.45) is 5.69. The van der Waals surface area contributed by atoms with Gasteiger partial charge in [0.1, 0.15) is 5.75 Å². The van der Waals surface area contributed by atoms with Crippen molar-refractivity contribution in [2.24, 2.45) is 0 Å². The summed E-state index contributed by atoms with van der Waals surface area (Å²) in [5.74, 6) is -2.50. The Morgan fingerprint density at radius 2 is 1.67 bits per heavy atom. The van der Waals surface area contributed by atoms with Crippen LogP contribution >= 0.6 is 0 Å². The van der Waals surface area contributed by atoms with Crippen LogP contribution in [0.25, 0.3) is 11.1 Å². The van der Waals surface area contributed by atoms with Crippen molar-refractivity contribution in [1.82, 2.24) is 4.90 Å². The number of nitrogens with zero attached hydrogens (tertiary/aromatic N) is 1. The molecule has 4 rings (SSSR count). The molecule has 1 aliphatic rings. The van der Waals surface area contributed by atoms with E-state index in [2.05, 4.69) is 32.9 Å². The van der Waals surface area contributed by atoms with E-state index >= 15 is 0 Å². The van der Waals surface area contributed by atoms with Crippen molar-refractivity contribution in [1.29, 1.82) is 0 Å². The van der Waals surface area contributed by atoms with Crippen LogP contribution < -0.4 is 4.74 Å². The average molecular weight is 488 g/mol. The maximum absolute atomic E-state index is 13.6. The van der Waals surface area contributed by atoms with Gasteiger partial charge < -0.3 is 14.9 Å². The second-order valence-electron chi connectivity index (χ2n) is 9.77. The van der Waals surface area contributed by atoms with Crippen molar-refractivity contribution in [3.63, 3.8) is 0 Å². The molecule has 0 atom stereocenters. The van der Waals surface area contributed by atoms with Gasteiger partial charge in [-0.05, 0) is 79.6 Å². The molecule has 0 aromatic heterocycles. The third-order valence-electron chi connectivity index (χ3n) is 7.02. The van der Waals surface area contributed by atoms with E-state index < -0.39 is 11.8 Å². The molecule has 0 radical (unpaired) electrons. The van der Waals surface area contributed by atoms with E-state index in [1.165, 1.54) is 16.0 Å². The third-order valence-corrected chi connectivity index (χ3v) is 7.02. The Bertz CT molecular complexity index is 1180. The molecular formula is C31H37NO4. The minimum absolute atomic E-state index is 0.188. The summed E-state index contributed by atoms with van der Waals surface area (Å²) in [6, 6.07) is 20.2. The molecule has 1 fully saturated rings. The first kappa shape index (κ1) is 25.9. The number of unbranched alkanes of at least 4 members (excludes halogenated alkanes) is 3. The molecular weight excluding hydrogens is 450 g/mol. The van der Waals surface area contributed by atoms with E-state index in [-0.39, 0.29) is 11.6 Å². The van der Waals surface area contributed by atoms with Crippen LogP contribution in [0.1, 0.15) is 72.5 Å². The van der Waals surface area contributed by atoms with E-state index in [1.54, 1.807) is 36.4 Å². The topological polar surface area (TPSA) is 70.0 Å². The SMILES string of the molecule is CCCCCCOc1ccccc1C(O)(O)N(C(=O)c1ccc(-c2cccc(C)c2C)cc1)C1CC1. The van der Waals surface area contributed by atoms with Crippen LogP contribution in [0.2, 0.25) is 0 Å². The zero-order valence-electron chi connectivity index (χ0n) is 21.5. The lowest BCUT2D eigenvalue weighted by molar-refractivity contribution is -0.259. The molecule has 0 aliphatic heterocycles. The van der Waals surface area contributed by atoms with Crippen LogP contribution in [0, 0.1) is 13.8 Å². The molecule has 190 valence electrons. The largest absolute Gasteiger partial charge is 0.493 e. The molecule has 3 aromatic rings. The Morgan fingerprint density at radius 3 is 2.36 bits per heavy atom. The van der Waals surface area contributed by atoms with Crippen LogP contribution in [0.15, 0.2) is 66.7 Å². The van der Waals surface area contributed by atoms with Gasteiger partial charge in [-0.25, -0.2) is 0 Å². The van der Waals surface area contributed by atoms with E-state index in [1.807, 2.05) is 18.2 Å². The number of hydrogen-bond acceptors (Lipinski definition) is 4. The molecule has 1 saturated carbocycles. The summed E-state index contributed by atoms with van der Waals surface area (Å²) >= 11 is 0. The van der Waals surface area contributed by atoms with Crippen LogP contribution in [0.4, 0.5) is 0 Å². The fraction of sp³-hybridized carbons (Fsp3) is 0.387. The molecule has 36 heavy (non-hydrogen) atoms. The molecule has 3 aromatic carbocycles. The fourth-order valence-corrected chi connectivity index (χ4v) is 4.60. The number of aryl methyl sites for hydroxylation is 1. The van der Waals surface area contributed by atoms with Gasteiger partial charge in [-0.2, -0.15) is 0 Å². The Labute approximate surface area is 214 Å². The Morgan fingerprint density at radius 1 is 0.944 bits per heavy atom. The lowest BCUT2D eigenvalue weighted by Crippen LogP contribution is -2.51. The molecule has 0 bridgehead atoms. The highest BCUT2D eigenvalue weighted by molar-refractivity contribution is 5.95. The zero-order valence-corrected chi connectivity index (χ0v) is 21.5. The third kappa shape index (κ3) is 5.63. The van der Waals surface area contributed by atoms with E-state index in [9.17, 15) is 15.0 Å². The zero-order chi connectivity index (χ0) is 25.7. The van der Waals surface area contributed by atoms with Gasteiger partial charge in [0.15, 0.2) is 0 Å². The van der Waals surface area contributed by atoms with Gasteiger partial charge in [0.2, 0.25) is 0 Å². The first-order chi connectivity index (χ1) is 17.3. The van der Waals surface area contributed by atoms with Gasteiger partial charge in [0.05, 0.1) is 12.2 Å². The van der Waals surface area contributed by atoms with Crippen molar-refractivity contribution in [2.75, 3.05) is 6.61 Å². The molecule has 5 nitrogen and oxygen atoms in total. The van der Waals surface area contributed by atoms with Gasteiger partial charge in [-0.1, -0.05) is 68.7 Å². The molecule has 1 aliphatic carbocycles. The number of aliphatic hydroxyl groups is 2. The smallest absolute Gasteiger partial charge is 0.281 e. The molecule has 1 amide bonds. The quantitative estimate of drug-likeness (QED) is 0.245. The van der Waals surface area contributed by atoms with Crippen molar-refractivity contribution >= 4 is 5.91 Å². The summed E-state index contributed by atoms with van der Waals surface area (Å²) in [5, 5.41) is 22.8. The van der Waals surface area contributed by atoms with Crippen LogP contribution in [0.3, 0.4) is 0 Å². The van der Waals surface area contributed by atoms with Crippen molar-refractivity contribution in [3.8, 4) is 16.9 Å². The van der Waals surface area contributed by atoms with Crippen LogP contribution in [0.5, 0.6) is 5.75 Å². The number of ether oxygens (including phenoxy) is 1. The monoisotopic (exact) mass is 487 g/mol. The molecule has 0 unspecified atom stereocenters. The van der Waals surface area contributed by atoms with Gasteiger partial charge in [-0.15, -0.1) is 0 Å². The fourth-order valence-electron chi connectivity index (χ4n) is 4.60. The number of hydrogen-bond donors (Lipinski definition) is 2. The molecule has 0 spiro atoms. The number of para-hydroxylation sites is 1.